The highest BCUT2D eigenvalue weighted by Crippen LogP contribution is 2.24. The molecule has 0 aliphatic rings. The van der Waals surface area contributed by atoms with Gasteiger partial charge in [0.25, 0.3) is 0 Å². The molecule has 23 heavy (non-hydrogen) atoms. The van der Waals surface area contributed by atoms with Gasteiger partial charge in [0, 0.05) is 0 Å². The smallest absolute Gasteiger partial charge is 0.172 e. The maximum Gasteiger partial charge on any atom is 0.172 e. The summed E-state index contributed by atoms with van der Waals surface area (Å²) in [7, 11) is 1.58. The summed E-state index contributed by atoms with van der Waals surface area (Å²) in [5.74, 6) is 1.34. The second kappa shape index (κ2) is 6.74. The van der Waals surface area contributed by atoms with Crippen molar-refractivity contribution in [1.29, 1.82) is 0 Å². The fraction of sp³-hybridized carbons (Fsp3) is 0.118. The van der Waals surface area contributed by atoms with Crippen molar-refractivity contribution in [2.24, 2.45) is 0 Å². The van der Waals surface area contributed by atoms with E-state index in [-0.39, 0.29) is 12.3 Å². The first-order chi connectivity index (χ1) is 11.3. The number of benzene rings is 2. The van der Waals surface area contributed by atoms with Crippen LogP contribution in [0.5, 0.6) is 11.5 Å². The van der Waals surface area contributed by atoms with Crippen molar-refractivity contribution in [3.05, 3.63) is 66.0 Å². The van der Waals surface area contributed by atoms with Gasteiger partial charge in [-0.15, -0.1) is 5.10 Å². The number of rotatable bonds is 6. The van der Waals surface area contributed by atoms with Crippen LogP contribution in [0.3, 0.4) is 0 Å². The fourth-order valence-electron chi connectivity index (χ4n) is 2.21. The predicted octanol–water partition coefficient (Wildman–Crippen LogP) is 2.67. The zero-order chi connectivity index (χ0) is 16.1. The summed E-state index contributed by atoms with van der Waals surface area (Å²) in [5.41, 5.74) is 1.50. The number of ether oxygens (including phenoxy) is 2. The molecule has 3 rings (SSSR count). The molecule has 1 heterocycles. The van der Waals surface area contributed by atoms with E-state index in [0.717, 1.165) is 0 Å². The maximum atomic E-state index is 11.2. The summed E-state index contributed by atoms with van der Waals surface area (Å²) in [6.07, 6.45) is 0.669. The number of methoxy groups -OCH3 is 1. The molecule has 0 aliphatic carbocycles. The Balaban J connectivity index is 1.96. The number of aromatic nitrogens is 3. The summed E-state index contributed by atoms with van der Waals surface area (Å²) in [5, 5.41) is 7.96. The van der Waals surface area contributed by atoms with E-state index in [1.54, 1.807) is 11.8 Å². The first-order valence-electron chi connectivity index (χ1n) is 7.04. The monoisotopic (exact) mass is 309 g/mol. The van der Waals surface area contributed by atoms with Crippen LogP contribution in [0.25, 0.3) is 5.69 Å². The van der Waals surface area contributed by atoms with Crippen molar-refractivity contribution >= 4 is 6.29 Å². The molecule has 0 aliphatic heterocycles. The lowest BCUT2D eigenvalue weighted by Crippen LogP contribution is -2.08. The summed E-state index contributed by atoms with van der Waals surface area (Å²) >= 11 is 0. The Hall–Kier alpha value is -3.15. The molecular formula is C17H15N3O3. The molecule has 1 aromatic heterocycles. The van der Waals surface area contributed by atoms with Crippen LogP contribution in [-0.4, -0.2) is 28.4 Å². The Morgan fingerprint density at radius 3 is 2.57 bits per heavy atom. The molecule has 0 saturated heterocycles. The van der Waals surface area contributed by atoms with E-state index in [1.165, 1.54) is 0 Å². The molecule has 0 N–H and O–H groups in total. The molecule has 3 aromatic rings. The van der Waals surface area contributed by atoms with Crippen molar-refractivity contribution in [3.8, 4) is 17.2 Å². The van der Waals surface area contributed by atoms with Gasteiger partial charge in [0.15, 0.2) is 12.0 Å². The quantitative estimate of drug-likeness (QED) is 0.655. The minimum absolute atomic E-state index is 0.170. The number of para-hydroxylation sites is 3. The highest BCUT2D eigenvalue weighted by molar-refractivity contribution is 5.73. The molecule has 0 bridgehead atoms. The van der Waals surface area contributed by atoms with Crippen LogP contribution in [0.15, 0.2) is 54.6 Å². The SMILES string of the molecule is COc1ccccc1-n1nnc(C=O)c1COc1ccccc1. The summed E-state index contributed by atoms with van der Waals surface area (Å²) < 4.78 is 12.6. The van der Waals surface area contributed by atoms with Crippen LogP contribution in [-0.2, 0) is 6.61 Å². The number of hydrogen-bond acceptors (Lipinski definition) is 5. The first-order valence-corrected chi connectivity index (χ1v) is 7.04. The minimum atomic E-state index is 0.170. The molecule has 0 saturated carbocycles. The third-order valence-corrected chi connectivity index (χ3v) is 3.34. The van der Waals surface area contributed by atoms with Gasteiger partial charge >= 0.3 is 0 Å². The van der Waals surface area contributed by atoms with E-state index >= 15 is 0 Å². The standard InChI is InChI=1S/C17H15N3O3/c1-22-17-10-6-5-9-15(17)20-16(14(11-21)18-19-20)12-23-13-7-3-2-4-8-13/h2-11H,12H2,1H3. The normalized spacial score (nSPS) is 10.3. The lowest BCUT2D eigenvalue weighted by molar-refractivity contribution is 0.111. The number of nitrogens with zero attached hydrogens (tertiary/aromatic N) is 3. The Morgan fingerprint density at radius 1 is 1.09 bits per heavy atom. The number of hydrogen-bond donors (Lipinski definition) is 0. The van der Waals surface area contributed by atoms with Crippen LogP contribution in [0.2, 0.25) is 0 Å². The van der Waals surface area contributed by atoms with Crippen molar-refractivity contribution in [1.82, 2.24) is 15.0 Å². The van der Waals surface area contributed by atoms with E-state index in [1.807, 2.05) is 54.6 Å². The zero-order valence-corrected chi connectivity index (χ0v) is 12.5. The van der Waals surface area contributed by atoms with E-state index in [9.17, 15) is 4.79 Å². The van der Waals surface area contributed by atoms with Gasteiger partial charge in [0.05, 0.1) is 7.11 Å². The number of carbonyl (C=O) groups is 1. The lowest BCUT2D eigenvalue weighted by atomic mass is 10.2. The van der Waals surface area contributed by atoms with Gasteiger partial charge in [-0.3, -0.25) is 4.79 Å². The van der Waals surface area contributed by atoms with Gasteiger partial charge in [-0.25, -0.2) is 4.68 Å². The molecule has 0 amide bonds. The fourth-order valence-corrected chi connectivity index (χ4v) is 2.21. The second-order valence-corrected chi connectivity index (χ2v) is 4.72. The van der Waals surface area contributed by atoms with Crippen LogP contribution < -0.4 is 9.47 Å². The van der Waals surface area contributed by atoms with Gasteiger partial charge in [-0.05, 0) is 24.3 Å². The second-order valence-electron chi connectivity index (χ2n) is 4.72. The molecule has 0 radical (unpaired) electrons. The largest absolute Gasteiger partial charge is 0.494 e. The van der Waals surface area contributed by atoms with E-state index in [0.29, 0.717) is 29.2 Å². The van der Waals surface area contributed by atoms with Gasteiger partial charge in [0.2, 0.25) is 0 Å². The van der Waals surface area contributed by atoms with Gasteiger partial charge in [-0.1, -0.05) is 35.5 Å². The molecule has 6 nitrogen and oxygen atoms in total. The molecule has 0 unspecified atom stereocenters. The van der Waals surface area contributed by atoms with E-state index < -0.39 is 0 Å². The summed E-state index contributed by atoms with van der Waals surface area (Å²) in [4.78, 5) is 11.2. The Kier molecular flexibility index (Phi) is 4.33. The van der Waals surface area contributed by atoms with Gasteiger partial charge in [0.1, 0.15) is 29.5 Å². The highest BCUT2D eigenvalue weighted by atomic mass is 16.5. The van der Waals surface area contributed by atoms with Crippen LogP contribution >= 0.6 is 0 Å². The molecule has 2 aromatic carbocycles. The highest BCUT2D eigenvalue weighted by Gasteiger charge is 2.17. The average molecular weight is 309 g/mol. The average Bonchev–Trinajstić information content (AvgIpc) is 3.03. The van der Waals surface area contributed by atoms with Crippen molar-refractivity contribution < 1.29 is 14.3 Å². The Labute approximate surface area is 133 Å². The molecular weight excluding hydrogens is 294 g/mol. The molecule has 116 valence electrons. The number of carbonyl (C=O) groups excluding carboxylic acids is 1. The minimum Gasteiger partial charge on any atom is -0.494 e. The Morgan fingerprint density at radius 2 is 1.83 bits per heavy atom. The Bertz CT molecular complexity index is 800. The van der Waals surface area contributed by atoms with Crippen LogP contribution in [0, 0.1) is 0 Å². The van der Waals surface area contributed by atoms with Gasteiger partial charge < -0.3 is 9.47 Å². The third-order valence-electron chi connectivity index (χ3n) is 3.34. The van der Waals surface area contributed by atoms with Crippen molar-refractivity contribution in [2.45, 2.75) is 6.61 Å². The molecule has 6 heteroatoms. The maximum absolute atomic E-state index is 11.2. The molecule has 0 fully saturated rings. The first kappa shape index (κ1) is 14.8. The molecule has 0 spiro atoms. The van der Waals surface area contributed by atoms with Crippen molar-refractivity contribution in [3.63, 3.8) is 0 Å². The van der Waals surface area contributed by atoms with E-state index in [4.69, 9.17) is 9.47 Å². The summed E-state index contributed by atoms with van der Waals surface area (Å²) in [6.45, 7) is 0.170. The van der Waals surface area contributed by atoms with Crippen LogP contribution in [0.4, 0.5) is 0 Å². The molecule has 0 atom stereocenters. The van der Waals surface area contributed by atoms with Crippen molar-refractivity contribution in [2.75, 3.05) is 7.11 Å². The van der Waals surface area contributed by atoms with Gasteiger partial charge in [-0.2, -0.15) is 0 Å². The summed E-state index contributed by atoms with van der Waals surface area (Å²) in [6, 6.07) is 16.7. The predicted molar refractivity (Wildman–Crippen MR) is 84.1 cm³/mol. The third kappa shape index (κ3) is 3.06. The lowest BCUT2D eigenvalue weighted by Gasteiger charge is -2.11. The van der Waals surface area contributed by atoms with E-state index in [2.05, 4.69) is 10.3 Å². The van der Waals surface area contributed by atoms with Crippen LogP contribution in [0.1, 0.15) is 16.2 Å². The topological polar surface area (TPSA) is 66.2 Å². The number of aldehydes is 1. The zero-order valence-electron chi connectivity index (χ0n) is 12.5.